The Morgan fingerprint density at radius 3 is 2.68 bits per heavy atom. The first-order valence-corrected chi connectivity index (χ1v) is 13.2. The van der Waals surface area contributed by atoms with Gasteiger partial charge in [-0.25, -0.2) is 9.48 Å². The minimum absolute atomic E-state index is 0.0371. The lowest BCUT2D eigenvalue weighted by molar-refractivity contribution is -0.127. The van der Waals surface area contributed by atoms with Crippen molar-refractivity contribution in [3.63, 3.8) is 0 Å². The van der Waals surface area contributed by atoms with Gasteiger partial charge in [-0.05, 0) is 64.9 Å². The molecule has 11 heteroatoms. The van der Waals surface area contributed by atoms with Gasteiger partial charge in [0.25, 0.3) is 0 Å². The Kier molecular flexibility index (Phi) is 8.39. The second-order valence-electron chi connectivity index (χ2n) is 9.17. The van der Waals surface area contributed by atoms with E-state index >= 15 is 0 Å². The molecule has 0 saturated carbocycles. The van der Waals surface area contributed by atoms with Gasteiger partial charge < -0.3 is 15.0 Å². The van der Waals surface area contributed by atoms with E-state index in [0.717, 1.165) is 47.1 Å². The maximum absolute atomic E-state index is 12.9. The number of piperidine rings is 2. The van der Waals surface area contributed by atoms with E-state index in [-0.39, 0.29) is 24.0 Å². The fourth-order valence-corrected chi connectivity index (χ4v) is 5.69. The quantitative estimate of drug-likeness (QED) is 0.502. The third-order valence-electron chi connectivity index (χ3n) is 5.39. The Hall–Kier alpha value is -1.17. The van der Waals surface area contributed by atoms with E-state index in [2.05, 4.69) is 15.3 Å². The molecule has 0 radical (unpaired) electrons. The van der Waals surface area contributed by atoms with Crippen molar-refractivity contribution in [1.29, 1.82) is 0 Å². The molecule has 0 bridgehead atoms. The Balaban J connectivity index is 1.51. The highest BCUT2D eigenvalue weighted by Gasteiger charge is 2.32. The molecule has 0 aliphatic carbocycles. The van der Waals surface area contributed by atoms with Crippen molar-refractivity contribution >= 4 is 47.3 Å². The first kappa shape index (κ1) is 24.5. The van der Waals surface area contributed by atoms with Gasteiger partial charge >= 0.3 is 6.09 Å². The van der Waals surface area contributed by atoms with Crippen molar-refractivity contribution < 1.29 is 14.3 Å². The smallest absolute Gasteiger partial charge is 0.410 e. The molecule has 31 heavy (non-hydrogen) atoms. The molecule has 2 saturated heterocycles. The predicted molar refractivity (Wildman–Crippen MR) is 126 cm³/mol. The Morgan fingerprint density at radius 1 is 1.26 bits per heavy atom. The molecule has 2 amide bonds. The number of nitrogens with one attached hydrogen (secondary N) is 1. The summed E-state index contributed by atoms with van der Waals surface area (Å²) in [4.78, 5) is 29.3. The van der Waals surface area contributed by atoms with Crippen LogP contribution in [-0.4, -0.2) is 75.7 Å². The van der Waals surface area contributed by atoms with E-state index in [1.54, 1.807) is 16.7 Å². The van der Waals surface area contributed by atoms with Gasteiger partial charge in [-0.3, -0.25) is 9.69 Å². The molecule has 1 aromatic heterocycles. The second kappa shape index (κ2) is 10.6. The Morgan fingerprint density at radius 2 is 2.00 bits per heavy atom. The van der Waals surface area contributed by atoms with Gasteiger partial charge in [0.15, 0.2) is 8.29 Å². The largest absolute Gasteiger partial charge is 0.444 e. The molecule has 8 nitrogen and oxygen atoms in total. The molecule has 2 unspecified atom stereocenters. The van der Waals surface area contributed by atoms with Gasteiger partial charge in [0, 0.05) is 32.2 Å². The van der Waals surface area contributed by atoms with Gasteiger partial charge in [-0.2, -0.15) is 5.10 Å². The third-order valence-corrected chi connectivity index (χ3v) is 7.68. The second-order valence-corrected chi connectivity index (χ2v) is 11.8. The summed E-state index contributed by atoms with van der Waals surface area (Å²) >= 11 is 8.56. The standard InChI is InChI=1S/C20H33N5O3S3/c1-20(2,3)28-18(27)24-10-5-7-14(11-24)16(26)21-15-8-6-9-23(12-15)13-25-19(29)31-17(22-25)30-4/h14-15H,5-13H2,1-4H3,(H,21,26). The number of carbonyl (C=O) groups is 2. The van der Waals surface area contributed by atoms with Crippen LogP contribution in [0.2, 0.25) is 0 Å². The molecule has 3 heterocycles. The summed E-state index contributed by atoms with van der Waals surface area (Å²) < 4.78 is 9.10. The molecule has 2 aliphatic rings. The van der Waals surface area contributed by atoms with Gasteiger partial charge in [-0.15, -0.1) is 0 Å². The number of thioether (sulfide) groups is 1. The average molecular weight is 488 g/mol. The van der Waals surface area contributed by atoms with Gasteiger partial charge in [0.1, 0.15) is 5.60 Å². The lowest BCUT2D eigenvalue weighted by atomic mass is 9.96. The van der Waals surface area contributed by atoms with E-state index in [9.17, 15) is 9.59 Å². The van der Waals surface area contributed by atoms with Gasteiger partial charge in [-0.1, -0.05) is 23.1 Å². The fourth-order valence-electron chi connectivity index (χ4n) is 3.95. The van der Waals surface area contributed by atoms with E-state index in [1.165, 1.54) is 11.3 Å². The molecule has 1 N–H and O–H groups in total. The molecule has 2 atom stereocenters. The maximum Gasteiger partial charge on any atom is 0.410 e. The van der Waals surface area contributed by atoms with Crippen LogP contribution in [0, 0.1) is 9.87 Å². The van der Waals surface area contributed by atoms with Crippen molar-refractivity contribution in [1.82, 2.24) is 24.9 Å². The number of rotatable bonds is 5. The van der Waals surface area contributed by atoms with Gasteiger partial charge in [0.05, 0.1) is 12.6 Å². The first-order valence-electron chi connectivity index (χ1n) is 10.8. The van der Waals surface area contributed by atoms with Crippen molar-refractivity contribution in [2.75, 3.05) is 32.4 Å². The zero-order valence-corrected chi connectivity index (χ0v) is 21.2. The monoisotopic (exact) mass is 487 g/mol. The minimum Gasteiger partial charge on any atom is -0.444 e. The molecule has 3 rings (SSSR count). The number of nitrogens with zero attached hydrogens (tertiary/aromatic N) is 4. The Bertz CT molecular complexity index is 835. The first-order chi connectivity index (χ1) is 14.6. The van der Waals surface area contributed by atoms with Crippen molar-refractivity contribution in [3.05, 3.63) is 3.95 Å². The molecule has 1 aromatic rings. The lowest BCUT2D eigenvalue weighted by Gasteiger charge is -2.36. The van der Waals surface area contributed by atoms with Crippen LogP contribution >= 0.6 is 35.3 Å². The number of hydrogen-bond donors (Lipinski definition) is 1. The highest BCUT2D eigenvalue weighted by Crippen LogP contribution is 2.22. The number of hydrogen-bond acceptors (Lipinski definition) is 8. The zero-order valence-electron chi connectivity index (χ0n) is 18.8. The normalized spacial score (nSPS) is 22.9. The molecule has 0 aromatic carbocycles. The van der Waals surface area contributed by atoms with Crippen LogP contribution in [0.25, 0.3) is 0 Å². The Labute approximate surface area is 197 Å². The summed E-state index contributed by atoms with van der Waals surface area (Å²) in [5.41, 5.74) is -0.533. The lowest BCUT2D eigenvalue weighted by Crippen LogP contribution is -2.52. The third kappa shape index (κ3) is 7.16. The number of aromatic nitrogens is 2. The van der Waals surface area contributed by atoms with E-state index < -0.39 is 5.60 Å². The summed E-state index contributed by atoms with van der Waals surface area (Å²) in [5, 5.41) is 7.77. The summed E-state index contributed by atoms with van der Waals surface area (Å²) in [6.45, 7) is 9.03. The van der Waals surface area contributed by atoms with E-state index in [0.29, 0.717) is 19.8 Å². The SMILES string of the molecule is CSc1nn(CN2CCCC(NC(=O)C3CCCN(C(=O)OC(C)(C)C)C3)C2)c(=S)s1. The number of ether oxygens (including phenoxy) is 1. The van der Waals surface area contributed by atoms with E-state index in [4.69, 9.17) is 17.0 Å². The predicted octanol–water partition coefficient (Wildman–Crippen LogP) is 3.58. The number of likely N-dealkylation sites (tertiary alicyclic amines) is 2. The van der Waals surface area contributed by atoms with Crippen LogP contribution in [0.15, 0.2) is 4.34 Å². The number of carbonyl (C=O) groups excluding carboxylic acids is 2. The van der Waals surface area contributed by atoms with Crippen molar-refractivity contribution in [2.45, 2.75) is 69.1 Å². The molecular formula is C20H33N5O3S3. The van der Waals surface area contributed by atoms with Crippen molar-refractivity contribution in [2.24, 2.45) is 5.92 Å². The average Bonchev–Trinajstić information content (AvgIpc) is 3.06. The summed E-state index contributed by atoms with van der Waals surface area (Å²) in [6, 6.07) is 0.103. The van der Waals surface area contributed by atoms with Crippen LogP contribution in [0.5, 0.6) is 0 Å². The van der Waals surface area contributed by atoms with Crippen LogP contribution in [0.4, 0.5) is 4.79 Å². The zero-order chi connectivity index (χ0) is 22.6. The molecule has 2 fully saturated rings. The summed E-state index contributed by atoms with van der Waals surface area (Å²) in [6.07, 6.45) is 5.26. The minimum atomic E-state index is -0.533. The highest BCUT2D eigenvalue weighted by molar-refractivity contribution is 8.00. The van der Waals surface area contributed by atoms with Crippen molar-refractivity contribution in [3.8, 4) is 0 Å². The van der Waals surface area contributed by atoms with Gasteiger partial charge in [0.2, 0.25) is 5.91 Å². The molecule has 0 spiro atoms. The van der Waals surface area contributed by atoms with E-state index in [1.807, 2.05) is 31.7 Å². The van der Waals surface area contributed by atoms with Crippen LogP contribution in [0.1, 0.15) is 46.5 Å². The molecule has 2 aliphatic heterocycles. The number of amides is 2. The molecular weight excluding hydrogens is 454 g/mol. The maximum atomic E-state index is 12.9. The molecule has 174 valence electrons. The van der Waals surface area contributed by atoms with Crippen LogP contribution in [-0.2, 0) is 16.2 Å². The summed E-state index contributed by atoms with van der Waals surface area (Å²) in [7, 11) is 0. The summed E-state index contributed by atoms with van der Waals surface area (Å²) in [5.74, 6) is -0.150. The van der Waals surface area contributed by atoms with Crippen LogP contribution < -0.4 is 5.32 Å². The topological polar surface area (TPSA) is 79.7 Å². The highest BCUT2D eigenvalue weighted by atomic mass is 32.2. The van der Waals surface area contributed by atoms with Crippen LogP contribution in [0.3, 0.4) is 0 Å². The fraction of sp³-hybridized carbons (Fsp3) is 0.800.